The Morgan fingerprint density at radius 1 is 1.03 bits per heavy atom. The maximum atomic E-state index is 12.6. The molecule has 1 aliphatic rings. The highest BCUT2D eigenvalue weighted by Crippen LogP contribution is 2.34. The fraction of sp³-hybridized carbons (Fsp3) is 0.208. The van der Waals surface area contributed by atoms with Crippen LogP contribution < -0.4 is 10.1 Å². The molecule has 30 heavy (non-hydrogen) atoms. The number of hydrogen-bond donors (Lipinski definition) is 1. The van der Waals surface area contributed by atoms with Crippen LogP contribution in [0.1, 0.15) is 24.0 Å². The summed E-state index contributed by atoms with van der Waals surface area (Å²) in [6.07, 6.45) is 0. The van der Waals surface area contributed by atoms with E-state index in [0.717, 1.165) is 5.56 Å². The first kappa shape index (κ1) is 20.6. The molecule has 1 fully saturated rings. The number of hydrogen-bond acceptors (Lipinski definition) is 2. The number of benzene rings is 3. The van der Waals surface area contributed by atoms with E-state index in [2.05, 4.69) is 24.4 Å². The van der Waals surface area contributed by atoms with E-state index in [1.165, 1.54) is 5.56 Å². The number of nitrogens with one attached hydrogen (secondary N) is 1. The third-order valence-corrected chi connectivity index (χ3v) is 5.92. The lowest BCUT2D eigenvalue weighted by atomic mass is 9.94. The minimum absolute atomic E-state index is 0.0543. The number of halogens is 2. The summed E-state index contributed by atoms with van der Waals surface area (Å²) in [4.78, 5) is 14.4. The highest BCUT2D eigenvalue weighted by atomic mass is 35.5. The molecule has 0 aliphatic carbocycles. The standard InChI is InChI=1S/C24H22Cl2N2O2/c1-16(17-7-3-2-4-8-17)21-15-28(24(29)27-21)14-18-9-5-6-10-22(18)30-23-12-11-19(25)13-20(23)26/h2-13,16,21H,14-15H2,1H3,(H,27,29)/t16-,21?/m0/s1. The van der Waals surface area contributed by atoms with E-state index in [-0.39, 0.29) is 18.0 Å². The van der Waals surface area contributed by atoms with Gasteiger partial charge in [0.05, 0.1) is 17.6 Å². The Labute approximate surface area is 186 Å². The van der Waals surface area contributed by atoms with Gasteiger partial charge in [0.25, 0.3) is 0 Å². The molecule has 4 rings (SSSR count). The summed E-state index contributed by atoms with van der Waals surface area (Å²) in [5, 5.41) is 4.10. The molecule has 0 spiro atoms. The molecule has 3 aromatic rings. The minimum Gasteiger partial charge on any atom is -0.455 e. The molecule has 0 aromatic heterocycles. The van der Waals surface area contributed by atoms with E-state index in [1.807, 2.05) is 47.4 Å². The van der Waals surface area contributed by atoms with Gasteiger partial charge < -0.3 is 15.0 Å². The van der Waals surface area contributed by atoms with Gasteiger partial charge in [-0.15, -0.1) is 0 Å². The summed E-state index contributed by atoms with van der Waals surface area (Å²) in [5.74, 6) is 1.41. The molecule has 2 amide bonds. The maximum Gasteiger partial charge on any atom is 0.318 e. The molecule has 0 radical (unpaired) electrons. The number of ether oxygens (including phenoxy) is 1. The van der Waals surface area contributed by atoms with Crippen LogP contribution >= 0.6 is 23.2 Å². The highest BCUT2D eigenvalue weighted by Gasteiger charge is 2.33. The van der Waals surface area contributed by atoms with E-state index in [9.17, 15) is 4.79 Å². The fourth-order valence-electron chi connectivity index (χ4n) is 3.64. The normalized spacial score (nSPS) is 17.0. The zero-order chi connectivity index (χ0) is 21.1. The summed E-state index contributed by atoms with van der Waals surface area (Å²) in [6, 6.07) is 23.0. The minimum atomic E-state index is -0.0675. The molecule has 1 unspecified atom stereocenters. The Morgan fingerprint density at radius 3 is 2.53 bits per heavy atom. The fourth-order valence-corrected chi connectivity index (χ4v) is 4.09. The monoisotopic (exact) mass is 440 g/mol. The average molecular weight is 441 g/mol. The number of carbonyl (C=O) groups is 1. The molecule has 154 valence electrons. The Bertz CT molecular complexity index is 1040. The lowest BCUT2D eigenvalue weighted by Crippen LogP contribution is -2.31. The van der Waals surface area contributed by atoms with Gasteiger partial charge in [0.2, 0.25) is 0 Å². The predicted octanol–water partition coefficient (Wildman–Crippen LogP) is 6.48. The number of nitrogens with zero attached hydrogens (tertiary/aromatic N) is 1. The average Bonchev–Trinajstić information content (AvgIpc) is 3.11. The maximum absolute atomic E-state index is 12.6. The number of rotatable bonds is 6. The van der Waals surface area contributed by atoms with Crippen molar-refractivity contribution in [2.75, 3.05) is 6.54 Å². The van der Waals surface area contributed by atoms with Crippen LogP contribution in [-0.2, 0) is 6.54 Å². The van der Waals surface area contributed by atoms with Gasteiger partial charge >= 0.3 is 6.03 Å². The smallest absolute Gasteiger partial charge is 0.318 e. The van der Waals surface area contributed by atoms with E-state index in [4.69, 9.17) is 27.9 Å². The summed E-state index contributed by atoms with van der Waals surface area (Å²) in [7, 11) is 0. The van der Waals surface area contributed by atoms with Crippen molar-refractivity contribution in [1.82, 2.24) is 10.2 Å². The first-order valence-electron chi connectivity index (χ1n) is 9.82. The van der Waals surface area contributed by atoms with Crippen LogP contribution in [0, 0.1) is 0 Å². The molecule has 6 heteroatoms. The van der Waals surface area contributed by atoms with Crippen LogP contribution in [0.25, 0.3) is 0 Å². The van der Waals surface area contributed by atoms with Crippen molar-refractivity contribution in [2.45, 2.75) is 25.4 Å². The van der Waals surface area contributed by atoms with Gasteiger partial charge in [-0.3, -0.25) is 0 Å². The number of para-hydroxylation sites is 1. The van der Waals surface area contributed by atoms with Crippen LogP contribution in [0.15, 0.2) is 72.8 Å². The van der Waals surface area contributed by atoms with Crippen molar-refractivity contribution in [3.05, 3.63) is 94.0 Å². The molecule has 1 aliphatic heterocycles. The van der Waals surface area contributed by atoms with E-state index in [1.54, 1.807) is 18.2 Å². The molecule has 0 bridgehead atoms. The Balaban J connectivity index is 1.49. The van der Waals surface area contributed by atoms with Gasteiger partial charge in [-0.25, -0.2) is 4.79 Å². The Kier molecular flexibility index (Phi) is 6.16. The van der Waals surface area contributed by atoms with Gasteiger partial charge in [0.15, 0.2) is 0 Å². The third-order valence-electron chi connectivity index (χ3n) is 5.39. The van der Waals surface area contributed by atoms with Gasteiger partial charge in [0.1, 0.15) is 11.5 Å². The second kappa shape index (κ2) is 8.99. The lowest BCUT2D eigenvalue weighted by molar-refractivity contribution is 0.215. The topological polar surface area (TPSA) is 41.6 Å². The SMILES string of the molecule is C[C@@H](c1ccccc1)C1CN(Cc2ccccc2Oc2ccc(Cl)cc2Cl)C(=O)N1. The van der Waals surface area contributed by atoms with E-state index >= 15 is 0 Å². The molecular formula is C24H22Cl2N2O2. The van der Waals surface area contributed by atoms with Crippen LogP contribution in [0.4, 0.5) is 4.79 Å². The second-order valence-corrected chi connectivity index (χ2v) is 8.26. The Hall–Kier alpha value is -2.69. The number of carbonyl (C=O) groups excluding carboxylic acids is 1. The highest BCUT2D eigenvalue weighted by molar-refractivity contribution is 6.35. The van der Waals surface area contributed by atoms with E-state index in [0.29, 0.717) is 34.6 Å². The molecule has 1 saturated heterocycles. The molecule has 4 nitrogen and oxygen atoms in total. The van der Waals surface area contributed by atoms with Crippen molar-refractivity contribution in [2.24, 2.45) is 0 Å². The van der Waals surface area contributed by atoms with Gasteiger partial charge in [0, 0.05) is 23.0 Å². The van der Waals surface area contributed by atoms with Crippen LogP contribution in [0.5, 0.6) is 11.5 Å². The number of urea groups is 1. The first-order valence-corrected chi connectivity index (χ1v) is 10.6. The summed E-state index contributed by atoms with van der Waals surface area (Å²) < 4.78 is 6.04. The van der Waals surface area contributed by atoms with Crippen molar-refractivity contribution in [1.29, 1.82) is 0 Å². The molecule has 0 saturated carbocycles. The van der Waals surface area contributed by atoms with Gasteiger partial charge in [-0.1, -0.05) is 78.7 Å². The van der Waals surface area contributed by atoms with Gasteiger partial charge in [-0.2, -0.15) is 0 Å². The lowest BCUT2D eigenvalue weighted by Gasteiger charge is -2.20. The summed E-state index contributed by atoms with van der Waals surface area (Å²) in [6.45, 7) is 3.22. The number of amides is 2. The van der Waals surface area contributed by atoms with Crippen molar-refractivity contribution in [3.63, 3.8) is 0 Å². The summed E-state index contributed by atoms with van der Waals surface area (Å²) in [5.41, 5.74) is 2.12. The van der Waals surface area contributed by atoms with Crippen LogP contribution in [0.3, 0.4) is 0 Å². The molecule has 1 heterocycles. The molecular weight excluding hydrogens is 419 g/mol. The molecule has 1 N–H and O–H groups in total. The van der Waals surface area contributed by atoms with Crippen LogP contribution in [0.2, 0.25) is 10.0 Å². The summed E-state index contributed by atoms with van der Waals surface area (Å²) >= 11 is 12.2. The molecule has 3 aromatic carbocycles. The predicted molar refractivity (Wildman–Crippen MR) is 121 cm³/mol. The first-order chi connectivity index (χ1) is 14.5. The van der Waals surface area contributed by atoms with Crippen molar-refractivity contribution < 1.29 is 9.53 Å². The van der Waals surface area contributed by atoms with Crippen LogP contribution in [-0.4, -0.2) is 23.5 Å². The zero-order valence-electron chi connectivity index (χ0n) is 16.5. The zero-order valence-corrected chi connectivity index (χ0v) is 18.0. The molecule has 2 atom stereocenters. The Morgan fingerprint density at radius 2 is 1.77 bits per heavy atom. The van der Waals surface area contributed by atoms with E-state index < -0.39 is 0 Å². The largest absolute Gasteiger partial charge is 0.455 e. The second-order valence-electron chi connectivity index (χ2n) is 7.42. The van der Waals surface area contributed by atoms with Crippen molar-refractivity contribution in [3.8, 4) is 11.5 Å². The quantitative estimate of drug-likeness (QED) is 0.476. The van der Waals surface area contributed by atoms with Gasteiger partial charge in [-0.05, 0) is 29.8 Å². The van der Waals surface area contributed by atoms with Crippen molar-refractivity contribution >= 4 is 29.2 Å². The third kappa shape index (κ3) is 4.55.